The van der Waals surface area contributed by atoms with Crippen molar-refractivity contribution in [3.63, 3.8) is 0 Å². The van der Waals surface area contributed by atoms with Crippen LogP contribution in [0.5, 0.6) is 0 Å². The number of nitriles is 1. The summed E-state index contributed by atoms with van der Waals surface area (Å²) in [6.07, 6.45) is 1.75. The molecule has 0 radical (unpaired) electrons. The molecular formula is C18H17ClFN5O2S. The number of carbonyl (C=O) groups excluding carboxylic acids is 1. The zero-order valence-corrected chi connectivity index (χ0v) is 16.6. The van der Waals surface area contributed by atoms with Crippen LogP contribution in [0.15, 0.2) is 17.0 Å². The van der Waals surface area contributed by atoms with Crippen LogP contribution in [-0.4, -0.2) is 34.2 Å². The molecule has 10 heteroatoms. The monoisotopic (exact) mass is 421 g/mol. The first-order valence-corrected chi connectivity index (χ1v) is 9.91. The second-order valence-electron chi connectivity index (χ2n) is 7.08. The SMILES string of the molecule is CC1(NSc2c(Cl)c(C(=O)Nc3cc(F)nc(C#N)c3)n3c2CCC3)COC1. The Bertz CT molecular complexity index is 999. The van der Waals surface area contributed by atoms with Crippen LogP contribution < -0.4 is 10.0 Å². The highest BCUT2D eigenvalue weighted by atomic mass is 35.5. The molecule has 0 aliphatic carbocycles. The fourth-order valence-electron chi connectivity index (χ4n) is 3.29. The molecule has 2 aliphatic heterocycles. The van der Waals surface area contributed by atoms with Gasteiger partial charge in [0.05, 0.1) is 28.7 Å². The maximum Gasteiger partial charge on any atom is 0.273 e. The van der Waals surface area contributed by atoms with E-state index in [4.69, 9.17) is 21.6 Å². The number of halogens is 2. The van der Waals surface area contributed by atoms with Crippen LogP contribution in [0, 0.1) is 17.3 Å². The summed E-state index contributed by atoms with van der Waals surface area (Å²) in [6, 6.07) is 4.15. The minimum Gasteiger partial charge on any atom is -0.377 e. The van der Waals surface area contributed by atoms with Crippen molar-refractivity contribution in [3.05, 3.63) is 40.2 Å². The van der Waals surface area contributed by atoms with Crippen LogP contribution in [0.1, 0.15) is 35.2 Å². The Hall–Kier alpha value is -2.12. The molecule has 0 aromatic carbocycles. The summed E-state index contributed by atoms with van der Waals surface area (Å²) in [5.41, 5.74) is 1.27. The number of rotatable bonds is 5. The van der Waals surface area contributed by atoms with E-state index in [0.717, 1.165) is 29.5 Å². The molecule has 2 aliphatic rings. The van der Waals surface area contributed by atoms with Gasteiger partial charge in [-0.2, -0.15) is 9.65 Å². The molecule has 2 aromatic rings. The summed E-state index contributed by atoms with van der Waals surface area (Å²) in [5, 5.41) is 11.9. The number of nitrogens with one attached hydrogen (secondary N) is 2. The van der Waals surface area contributed by atoms with Crippen molar-refractivity contribution in [2.24, 2.45) is 0 Å². The van der Waals surface area contributed by atoms with E-state index in [9.17, 15) is 9.18 Å². The standard InChI is InChI=1S/C18H17ClFN5O2S/c1-18(8-27-9-18)24-28-16-12-3-2-4-25(12)15(14(16)19)17(26)23-10-5-11(7-21)22-13(20)6-10/h5-6,24H,2-4,8-9H2,1H3,(H,22,23,26). The lowest BCUT2D eigenvalue weighted by Crippen LogP contribution is -2.55. The van der Waals surface area contributed by atoms with Crippen molar-refractivity contribution < 1.29 is 13.9 Å². The van der Waals surface area contributed by atoms with Crippen molar-refractivity contribution in [2.75, 3.05) is 18.5 Å². The van der Waals surface area contributed by atoms with E-state index >= 15 is 0 Å². The lowest BCUT2D eigenvalue weighted by Gasteiger charge is -2.38. The van der Waals surface area contributed by atoms with Crippen molar-refractivity contribution in [2.45, 2.75) is 36.7 Å². The molecule has 0 spiro atoms. The van der Waals surface area contributed by atoms with Gasteiger partial charge in [-0.05, 0) is 37.8 Å². The average molecular weight is 422 g/mol. The van der Waals surface area contributed by atoms with Gasteiger partial charge in [0.1, 0.15) is 17.5 Å². The van der Waals surface area contributed by atoms with Gasteiger partial charge in [0.15, 0.2) is 0 Å². The van der Waals surface area contributed by atoms with Crippen molar-refractivity contribution >= 4 is 35.1 Å². The number of hydrogen-bond acceptors (Lipinski definition) is 6. The van der Waals surface area contributed by atoms with E-state index in [1.165, 1.54) is 18.0 Å². The summed E-state index contributed by atoms with van der Waals surface area (Å²) in [6.45, 7) is 3.99. The third-order valence-electron chi connectivity index (χ3n) is 4.68. The number of nitrogens with zero attached hydrogens (tertiary/aromatic N) is 3. The summed E-state index contributed by atoms with van der Waals surface area (Å²) >= 11 is 7.99. The molecular weight excluding hydrogens is 405 g/mol. The Morgan fingerprint density at radius 2 is 2.29 bits per heavy atom. The Morgan fingerprint density at radius 1 is 1.50 bits per heavy atom. The van der Waals surface area contributed by atoms with Gasteiger partial charge in [0, 0.05) is 24.0 Å². The quantitative estimate of drug-likeness (QED) is 0.569. The van der Waals surface area contributed by atoms with E-state index < -0.39 is 11.9 Å². The average Bonchev–Trinajstić information content (AvgIpc) is 3.18. The summed E-state index contributed by atoms with van der Waals surface area (Å²) in [4.78, 5) is 17.2. The van der Waals surface area contributed by atoms with Gasteiger partial charge in [-0.3, -0.25) is 4.79 Å². The van der Waals surface area contributed by atoms with Crippen LogP contribution in [-0.2, 0) is 17.7 Å². The van der Waals surface area contributed by atoms with E-state index in [0.29, 0.717) is 30.5 Å². The molecule has 1 saturated heterocycles. The van der Waals surface area contributed by atoms with Gasteiger partial charge >= 0.3 is 0 Å². The minimum atomic E-state index is -0.836. The molecule has 0 unspecified atom stereocenters. The zero-order valence-electron chi connectivity index (χ0n) is 15.0. The van der Waals surface area contributed by atoms with Crippen LogP contribution in [0.3, 0.4) is 0 Å². The molecule has 4 rings (SSSR count). The van der Waals surface area contributed by atoms with Crippen molar-refractivity contribution in [1.82, 2.24) is 14.3 Å². The van der Waals surface area contributed by atoms with Gasteiger partial charge in [0.25, 0.3) is 5.91 Å². The highest BCUT2D eigenvalue weighted by Crippen LogP contribution is 2.40. The van der Waals surface area contributed by atoms with Crippen LogP contribution in [0.4, 0.5) is 10.1 Å². The van der Waals surface area contributed by atoms with Gasteiger partial charge in [-0.1, -0.05) is 11.6 Å². The lowest BCUT2D eigenvalue weighted by atomic mass is 10.0. The molecule has 4 heterocycles. The molecule has 0 bridgehead atoms. The summed E-state index contributed by atoms with van der Waals surface area (Å²) < 4.78 is 24.1. The molecule has 1 fully saturated rings. The smallest absolute Gasteiger partial charge is 0.273 e. The third-order valence-corrected chi connectivity index (χ3v) is 6.40. The molecule has 146 valence electrons. The van der Waals surface area contributed by atoms with Gasteiger partial charge in [0.2, 0.25) is 5.95 Å². The Labute approximate surface area is 170 Å². The van der Waals surface area contributed by atoms with Crippen LogP contribution in [0.2, 0.25) is 5.02 Å². The summed E-state index contributed by atoms with van der Waals surface area (Å²) in [5.74, 6) is -1.29. The van der Waals surface area contributed by atoms with E-state index in [2.05, 4.69) is 21.9 Å². The zero-order chi connectivity index (χ0) is 19.9. The fraction of sp³-hybridized carbons (Fsp3) is 0.389. The first-order valence-electron chi connectivity index (χ1n) is 8.72. The minimum absolute atomic E-state index is 0.113. The number of ether oxygens (including phenoxy) is 1. The largest absolute Gasteiger partial charge is 0.377 e. The Kier molecular flexibility index (Phi) is 5.05. The first-order chi connectivity index (χ1) is 13.4. The maximum atomic E-state index is 13.6. The van der Waals surface area contributed by atoms with Gasteiger partial charge in [-0.25, -0.2) is 9.71 Å². The van der Waals surface area contributed by atoms with E-state index in [1.54, 1.807) is 6.07 Å². The molecule has 0 atom stereocenters. The second kappa shape index (κ2) is 7.37. The predicted octanol–water partition coefficient (Wildman–Crippen LogP) is 3.13. The van der Waals surface area contributed by atoms with Gasteiger partial charge in [-0.15, -0.1) is 0 Å². The number of anilines is 1. The maximum absolute atomic E-state index is 13.6. The summed E-state index contributed by atoms with van der Waals surface area (Å²) in [7, 11) is 0. The van der Waals surface area contributed by atoms with E-state index in [1.807, 2.05) is 4.57 Å². The molecule has 28 heavy (non-hydrogen) atoms. The molecule has 0 saturated carbocycles. The number of carbonyl (C=O) groups is 1. The van der Waals surface area contributed by atoms with Crippen LogP contribution in [0.25, 0.3) is 0 Å². The second-order valence-corrected chi connectivity index (χ2v) is 8.28. The number of amides is 1. The van der Waals surface area contributed by atoms with Gasteiger partial charge < -0.3 is 14.6 Å². The van der Waals surface area contributed by atoms with Crippen LogP contribution >= 0.6 is 23.5 Å². The molecule has 1 amide bonds. The molecule has 2 N–H and O–H groups in total. The number of aromatic nitrogens is 2. The highest BCUT2D eigenvalue weighted by Gasteiger charge is 2.35. The fourth-order valence-corrected chi connectivity index (χ4v) is 4.69. The third kappa shape index (κ3) is 3.49. The molecule has 7 nitrogen and oxygen atoms in total. The molecule has 2 aromatic heterocycles. The Morgan fingerprint density at radius 3 is 2.96 bits per heavy atom. The number of fused-ring (bicyclic) bond motifs is 1. The predicted molar refractivity (Wildman–Crippen MR) is 103 cm³/mol. The first kappa shape index (κ1) is 19.2. The number of hydrogen-bond donors (Lipinski definition) is 2. The normalized spacial score (nSPS) is 16.9. The Balaban J connectivity index is 1.61. The topological polar surface area (TPSA) is 92.0 Å². The number of pyridine rings is 1. The van der Waals surface area contributed by atoms with E-state index in [-0.39, 0.29) is 16.9 Å². The van der Waals surface area contributed by atoms with Crippen molar-refractivity contribution in [1.29, 1.82) is 5.26 Å². The lowest BCUT2D eigenvalue weighted by molar-refractivity contribution is -0.0510. The highest BCUT2D eigenvalue weighted by molar-refractivity contribution is 7.97. The van der Waals surface area contributed by atoms with Crippen molar-refractivity contribution in [3.8, 4) is 6.07 Å².